The second-order valence-electron chi connectivity index (χ2n) is 4.44. The molecule has 0 saturated heterocycles. The predicted molar refractivity (Wildman–Crippen MR) is 62.4 cm³/mol. The SMILES string of the molecule is Cc1nn(CC(F)F)c2cc(C(C)C)ncc12. The molecule has 2 aromatic heterocycles. The van der Waals surface area contributed by atoms with Gasteiger partial charge in [-0.3, -0.25) is 9.67 Å². The molecule has 3 nitrogen and oxygen atoms in total. The van der Waals surface area contributed by atoms with Crippen molar-refractivity contribution in [3.63, 3.8) is 0 Å². The highest BCUT2D eigenvalue weighted by Crippen LogP contribution is 2.22. The van der Waals surface area contributed by atoms with Crippen molar-refractivity contribution in [3.05, 3.63) is 23.7 Å². The molecule has 0 aromatic carbocycles. The van der Waals surface area contributed by atoms with Crippen LogP contribution in [0.4, 0.5) is 8.78 Å². The number of hydrogen-bond acceptors (Lipinski definition) is 2. The zero-order valence-corrected chi connectivity index (χ0v) is 10.1. The van der Waals surface area contributed by atoms with E-state index in [0.717, 1.165) is 22.3 Å². The van der Waals surface area contributed by atoms with Crippen molar-refractivity contribution >= 4 is 10.9 Å². The average molecular weight is 239 g/mol. The van der Waals surface area contributed by atoms with Gasteiger partial charge in [0.25, 0.3) is 6.43 Å². The van der Waals surface area contributed by atoms with Gasteiger partial charge in [0.1, 0.15) is 6.54 Å². The molecule has 0 spiro atoms. The second-order valence-corrected chi connectivity index (χ2v) is 4.44. The van der Waals surface area contributed by atoms with Gasteiger partial charge in [-0.2, -0.15) is 5.10 Å². The van der Waals surface area contributed by atoms with Gasteiger partial charge in [-0.1, -0.05) is 13.8 Å². The molecular weight excluding hydrogens is 224 g/mol. The normalized spacial score (nSPS) is 11.9. The lowest BCUT2D eigenvalue weighted by molar-refractivity contribution is 0.123. The first-order valence-electron chi connectivity index (χ1n) is 5.60. The maximum absolute atomic E-state index is 12.4. The lowest BCUT2D eigenvalue weighted by Crippen LogP contribution is -2.08. The number of nitrogens with zero attached hydrogens (tertiary/aromatic N) is 3. The summed E-state index contributed by atoms with van der Waals surface area (Å²) in [6, 6.07) is 1.85. The highest BCUT2D eigenvalue weighted by Gasteiger charge is 2.13. The summed E-state index contributed by atoms with van der Waals surface area (Å²) in [5, 5.41) is 4.97. The molecule has 0 atom stereocenters. The predicted octanol–water partition coefficient (Wildman–Crippen LogP) is 3.13. The van der Waals surface area contributed by atoms with Gasteiger partial charge in [0, 0.05) is 17.3 Å². The first-order chi connectivity index (χ1) is 7.99. The van der Waals surface area contributed by atoms with Crippen molar-refractivity contribution in [1.82, 2.24) is 14.8 Å². The molecule has 2 aromatic rings. The molecule has 0 aliphatic carbocycles. The van der Waals surface area contributed by atoms with Crippen LogP contribution in [0.3, 0.4) is 0 Å². The Morgan fingerprint density at radius 3 is 2.65 bits per heavy atom. The molecule has 2 heterocycles. The Bertz CT molecular complexity index is 532. The van der Waals surface area contributed by atoms with E-state index in [9.17, 15) is 8.78 Å². The molecule has 0 N–H and O–H groups in total. The summed E-state index contributed by atoms with van der Waals surface area (Å²) >= 11 is 0. The van der Waals surface area contributed by atoms with Gasteiger partial charge in [0.2, 0.25) is 0 Å². The van der Waals surface area contributed by atoms with Gasteiger partial charge in [0.05, 0.1) is 11.2 Å². The quantitative estimate of drug-likeness (QED) is 0.823. The lowest BCUT2D eigenvalue weighted by Gasteiger charge is -2.06. The van der Waals surface area contributed by atoms with Crippen molar-refractivity contribution in [1.29, 1.82) is 0 Å². The zero-order chi connectivity index (χ0) is 12.6. The van der Waals surface area contributed by atoms with Crippen LogP contribution in [0.25, 0.3) is 10.9 Å². The van der Waals surface area contributed by atoms with E-state index in [0.29, 0.717) is 0 Å². The number of rotatable bonds is 3. The lowest BCUT2D eigenvalue weighted by atomic mass is 10.1. The van der Waals surface area contributed by atoms with E-state index in [1.807, 2.05) is 19.9 Å². The standard InChI is InChI=1S/C12H15F2N3/c1-7(2)10-4-11-9(5-15-10)8(3)16-17(11)6-12(13)14/h4-5,7,12H,6H2,1-3H3. The molecule has 2 rings (SSSR count). The van der Waals surface area contributed by atoms with Gasteiger partial charge >= 0.3 is 0 Å². The Morgan fingerprint density at radius 1 is 1.35 bits per heavy atom. The summed E-state index contributed by atoms with van der Waals surface area (Å²) in [5.41, 5.74) is 2.37. The Kier molecular flexibility index (Phi) is 3.09. The van der Waals surface area contributed by atoms with Crippen LogP contribution in [0.15, 0.2) is 12.3 Å². The molecular formula is C12H15F2N3. The van der Waals surface area contributed by atoms with Crippen molar-refractivity contribution in [2.24, 2.45) is 0 Å². The summed E-state index contributed by atoms with van der Waals surface area (Å²) in [4.78, 5) is 4.32. The Hall–Kier alpha value is -1.52. The first-order valence-corrected chi connectivity index (χ1v) is 5.60. The van der Waals surface area contributed by atoms with E-state index in [1.165, 1.54) is 4.68 Å². The second kappa shape index (κ2) is 4.39. The summed E-state index contributed by atoms with van der Waals surface area (Å²) in [7, 11) is 0. The number of alkyl halides is 2. The van der Waals surface area contributed by atoms with Crippen molar-refractivity contribution in [2.75, 3.05) is 0 Å². The van der Waals surface area contributed by atoms with E-state index in [1.54, 1.807) is 13.1 Å². The van der Waals surface area contributed by atoms with Gasteiger partial charge in [-0.15, -0.1) is 0 Å². The molecule has 0 amide bonds. The zero-order valence-electron chi connectivity index (χ0n) is 10.1. The van der Waals surface area contributed by atoms with E-state index in [-0.39, 0.29) is 12.5 Å². The molecule has 0 aliphatic rings. The Labute approximate surface area is 98.5 Å². The first kappa shape index (κ1) is 12.0. The van der Waals surface area contributed by atoms with Crippen LogP contribution >= 0.6 is 0 Å². The molecule has 0 fully saturated rings. The summed E-state index contributed by atoms with van der Waals surface area (Å²) in [6.07, 6.45) is -0.678. The fourth-order valence-electron chi connectivity index (χ4n) is 1.83. The van der Waals surface area contributed by atoms with Crippen LogP contribution < -0.4 is 0 Å². The van der Waals surface area contributed by atoms with Crippen LogP contribution in [0.5, 0.6) is 0 Å². The third kappa shape index (κ3) is 2.28. The fourth-order valence-corrected chi connectivity index (χ4v) is 1.83. The summed E-state index contributed by atoms with van der Waals surface area (Å²) < 4.78 is 26.2. The molecule has 17 heavy (non-hydrogen) atoms. The molecule has 0 radical (unpaired) electrons. The topological polar surface area (TPSA) is 30.7 Å². The van der Waals surface area contributed by atoms with Crippen molar-refractivity contribution < 1.29 is 8.78 Å². The van der Waals surface area contributed by atoms with Gasteiger partial charge in [-0.05, 0) is 18.9 Å². The van der Waals surface area contributed by atoms with E-state index in [4.69, 9.17) is 0 Å². The average Bonchev–Trinajstić information content (AvgIpc) is 2.54. The number of halogens is 2. The number of aromatic nitrogens is 3. The van der Waals surface area contributed by atoms with Crippen LogP contribution in [0.1, 0.15) is 31.2 Å². The Balaban J connectivity index is 2.56. The number of fused-ring (bicyclic) bond motifs is 1. The molecule has 0 bridgehead atoms. The van der Waals surface area contributed by atoms with Crippen LogP contribution in [-0.2, 0) is 6.54 Å². The maximum atomic E-state index is 12.4. The van der Waals surface area contributed by atoms with Crippen LogP contribution in [0.2, 0.25) is 0 Å². The molecule has 0 aliphatic heterocycles. The summed E-state index contributed by atoms with van der Waals surface area (Å²) in [5.74, 6) is 0.273. The fraction of sp³-hybridized carbons (Fsp3) is 0.500. The highest BCUT2D eigenvalue weighted by atomic mass is 19.3. The molecule has 5 heteroatoms. The van der Waals surface area contributed by atoms with Gasteiger partial charge in [0.15, 0.2) is 0 Å². The van der Waals surface area contributed by atoms with E-state index in [2.05, 4.69) is 10.1 Å². The molecule has 0 saturated carbocycles. The number of aryl methyl sites for hydroxylation is 1. The highest BCUT2D eigenvalue weighted by molar-refractivity contribution is 5.81. The maximum Gasteiger partial charge on any atom is 0.257 e. The minimum absolute atomic E-state index is 0.273. The monoisotopic (exact) mass is 239 g/mol. The number of pyridine rings is 1. The Morgan fingerprint density at radius 2 is 2.06 bits per heavy atom. The third-order valence-electron chi connectivity index (χ3n) is 2.74. The van der Waals surface area contributed by atoms with E-state index < -0.39 is 6.43 Å². The minimum Gasteiger partial charge on any atom is -0.260 e. The minimum atomic E-state index is -2.40. The molecule has 0 unspecified atom stereocenters. The van der Waals surface area contributed by atoms with Gasteiger partial charge in [-0.25, -0.2) is 8.78 Å². The van der Waals surface area contributed by atoms with Crippen LogP contribution in [0, 0.1) is 6.92 Å². The van der Waals surface area contributed by atoms with E-state index >= 15 is 0 Å². The number of hydrogen-bond donors (Lipinski definition) is 0. The largest absolute Gasteiger partial charge is 0.260 e. The third-order valence-corrected chi connectivity index (χ3v) is 2.74. The molecule has 92 valence electrons. The van der Waals surface area contributed by atoms with Gasteiger partial charge < -0.3 is 0 Å². The summed E-state index contributed by atoms with van der Waals surface area (Å²) in [6.45, 7) is 5.48. The van der Waals surface area contributed by atoms with Crippen molar-refractivity contribution in [2.45, 2.75) is 39.7 Å². The van der Waals surface area contributed by atoms with Crippen LogP contribution in [-0.4, -0.2) is 21.2 Å². The smallest absolute Gasteiger partial charge is 0.257 e. The van der Waals surface area contributed by atoms with Crippen molar-refractivity contribution in [3.8, 4) is 0 Å².